The predicted octanol–water partition coefficient (Wildman–Crippen LogP) is 1.93. The molecule has 4 atom stereocenters. The minimum atomic E-state index is -1.21. The number of esters is 1. The van der Waals surface area contributed by atoms with E-state index < -0.39 is 29.4 Å². The minimum absolute atomic E-state index is 0.212. The summed E-state index contributed by atoms with van der Waals surface area (Å²) in [6, 6.07) is 6.63. The fraction of sp³-hybridized carbons (Fsp3) is 0.500. The van der Waals surface area contributed by atoms with E-state index in [1.165, 1.54) is 7.05 Å². The van der Waals surface area contributed by atoms with Crippen LogP contribution in [0.15, 0.2) is 24.3 Å². The molecule has 0 unspecified atom stereocenters. The van der Waals surface area contributed by atoms with Crippen molar-refractivity contribution in [2.45, 2.75) is 31.8 Å². The van der Waals surface area contributed by atoms with Gasteiger partial charge in [-0.05, 0) is 31.0 Å². The maximum Gasteiger partial charge on any atom is 0.327 e. The topological polar surface area (TPSA) is 75.7 Å². The minimum Gasteiger partial charge on any atom is -0.465 e. The SMILES string of the molecule is CCOC(=O)[C@]1(CC)N[C@H](c2ccc(Cl)cc2)[C@H]2C(=O)N(C)C(=O)[C@H]21. The average Bonchev–Trinajstić information content (AvgIpc) is 3.06. The van der Waals surface area contributed by atoms with E-state index in [0.717, 1.165) is 10.5 Å². The molecule has 2 aliphatic heterocycles. The van der Waals surface area contributed by atoms with Gasteiger partial charge in [0, 0.05) is 18.1 Å². The number of carbonyl (C=O) groups excluding carboxylic acids is 3. The molecule has 0 aromatic heterocycles. The first kappa shape index (κ1) is 17.9. The summed E-state index contributed by atoms with van der Waals surface area (Å²) < 4.78 is 5.25. The summed E-state index contributed by atoms with van der Waals surface area (Å²) in [5.74, 6) is -2.51. The fourth-order valence-electron chi connectivity index (χ4n) is 4.02. The zero-order chi connectivity index (χ0) is 18.4. The predicted molar refractivity (Wildman–Crippen MR) is 91.7 cm³/mol. The van der Waals surface area contributed by atoms with Crippen molar-refractivity contribution in [2.75, 3.05) is 13.7 Å². The van der Waals surface area contributed by atoms with Crippen LogP contribution < -0.4 is 5.32 Å². The van der Waals surface area contributed by atoms with Crippen LogP contribution in [0.25, 0.3) is 0 Å². The Balaban J connectivity index is 2.10. The molecule has 1 aromatic rings. The van der Waals surface area contributed by atoms with Crippen LogP contribution in [0, 0.1) is 11.8 Å². The fourth-order valence-corrected chi connectivity index (χ4v) is 4.15. The number of fused-ring (bicyclic) bond motifs is 1. The zero-order valence-electron chi connectivity index (χ0n) is 14.4. The van der Waals surface area contributed by atoms with Gasteiger partial charge >= 0.3 is 5.97 Å². The molecular weight excluding hydrogens is 344 g/mol. The van der Waals surface area contributed by atoms with Gasteiger partial charge in [-0.2, -0.15) is 0 Å². The van der Waals surface area contributed by atoms with E-state index in [0.29, 0.717) is 11.4 Å². The summed E-state index contributed by atoms with van der Waals surface area (Å²) in [5, 5.41) is 3.85. The Morgan fingerprint density at radius 1 is 1.24 bits per heavy atom. The molecule has 0 aliphatic carbocycles. The van der Waals surface area contributed by atoms with Gasteiger partial charge in [-0.3, -0.25) is 24.6 Å². The van der Waals surface area contributed by atoms with Crippen LogP contribution in [0.1, 0.15) is 31.9 Å². The molecule has 2 fully saturated rings. The Morgan fingerprint density at radius 2 is 1.88 bits per heavy atom. The normalized spacial score (nSPS) is 31.4. The number of nitrogens with zero attached hydrogens (tertiary/aromatic N) is 1. The maximum absolute atomic E-state index is 12.7. The van der Waals surface area contributed by atoms with E-state index in [1.54, 1.807) is 19.1 Å². The molecule has 25 heavy (non-hydrogen) atoms. The number of carbonyl (C=O) groups is 3. The number of likely N-dealkylation sites (tertiary alicyclic amines) is 1. The third-order valence-corrected chi connectivity index (χ3v) is 5.55. The van der Waals surface area contributed by atoms with E-state index in [1.807, 2.05) is 19.1 Å². The highest BCUT2D eigenvalue weighted by Crippen LogP contribution is 2.50. The first-order chi connectivity index (χ1) is 11.9. The van der Waals surface area contributed by atoms with Crippen LogP contribution in [-0.4, -0.2) is 41.9 Å². The van der Waals surface area contributed by atoms with Crippen molar-refractivity contribution in [1.29, 1.82) is 0 Å². The van der Waals surface area contributed by atoms with Gasteiger partial charge in [-0.25, -0.2) is 0 Å². The Hall–Kier alpha value is -1.92. The van der Waals surface area contributed by atoms with Crippen molar-refractivity contribution >= 4 is 29.4 Å². The number of halogens is 1. The summed E-state index contributed by atoms with van der Waals surface area (Å²) in [6.07, 6.45) is 0.351. The first-order valence-electron chi connectivity index (χ1n) is 8.39. The Morgan fingerprint density at radius 3 is 2.44 bits per heavy atom. The summed E-state index contributed by atoms with van der Waals surface area (Å²) in [6.45, 7) is 3.75. The lowest BCUT2D eigenvalue weighted by Gasteiger charge is -2.31. The molecule has 2 amide bonds. The molecule has 3 rings (SSSR count). The number of amides is 2. The van der Waals surface area contributed by atoms with Gasteiger partial charge in [0.2, 0.25) is 11.8 Å². The zero-order valence-corrected chi connectivity index (χ0v) is 15.2. The van der Waals surface area contributed by atoms with E-state index in [9.17, 15) is 14.4 Å². The number of rotatable bonds is 4. The molecule has 0 radical (unpaired) electrons. The second kappa shape index (κ2) is 6.42. The van der Waals surface area contributed by atoms with Gasteiger partial charge in [-0.15, -0.1) is 0 Å². The third-order valence-electron chi connectivity index (χ3n) is 5.30. The molecule has 1 N–H and O–H groups in total. The van der Waals surface area contributed by atoms with Crippen LogP contribution in [0.5, 0.6) is 0 Å². The molecule has 6 nitrogen and oxygen atoms in total. The summed E-state index contributed by atoms with van der Waals surface area (Å²) in [4.78, 5) is 39.3. The van der Waals surface area contributed by atoms with E-state index in [2.05, 4.69) is 5.32 Å². The van der Waals surface area contributed by atoms with Crippen molar-refractivity contribution in [3.05, 3.63) is 34.9 Å². The molecule has 2 heterocycles. The standard InChI is InChI=1S/C18H21ClN2O4/c1-4-18(17(24)25-5-2)13-12(15(22)21(3)16(13)23)14(20-18)10-6-8-11(19)9-7-10/h6-9,12-14,20H,4-5H2,1-3H3/t12-,13-,14+,18+/m0/s1. The van der Waals surface area contributed by atoms with Crippen molar-refractivity contribution in [3.63, 3.8) is 0 Å². The molecule has 2 aliphatic rings. The molecule has 0 bridgehead atoms. The van der Waals surface area contributed by atoms with Gasteiger partial charge in [0.1, 0.15) is 5.54 Å². The molecule has 0 spiro atoms. The molecule has 1 aromatic carbocycles. The number of benzene rings is 1. The lowest BCUT2D eigenvalue weighted by molar-refractivity contribution is -0.156. The first-order valence-corrected chi connectivity index (χ1v) is 8.77. The number of hydrogen-bond donors (Lipinski definition) is 1. The highest BCUT2D eigenvalue weighted by molar-refractivity contribution is 6.30. The number of ether oxygens (including phenoxy) is 1. The molecule has 7 heteroatoms. The summed E-state index contributed by atoms with van der Waals surface area (Å²) in [5.41, 5.74) is -0.391. The van der Waals surface area contributed by atoms with Crippen LogP contribution >= 0.6 is 11.6 Å². The highest BCUT2D eigenvalue weighted by atomic mass is 35.5. The van der Waals surface area contributed by atoms with Gasteiger partial charge in [0.15, 0.2) is 0 Å². The van der Waals surface area contributed by atoms with Crippen LogP contribution in [0.4, 0.5) is 0 Å². The Kier molecular flexibility index (Phi) is 4.60. The van der Waals surface area contributed by atoms with Crippen molar-refractivity contribution in [2.24, 2.45) is 11.8 Å². The summed E-state index contributed by atoms with van der Waals surface area (Å²) >= 11 is 5.96. The monoisotopic (exact) mass is 364 g/mol. The van der Waals surface area contributed by atoms with E-state index >= 15 is 0 Å². The smallest absolute Gasteiger partial charge is 0.327 e. The van der Waals surface area contributed by atoms with E-state index in [-0.39, 0.29) is 18.4 Å². The van der Waals surface area contributed by atoms with E-state index in [4.69, 9.17) is 16.3 Å². The molecular formula is C18H21ClN2O4. The molecule has 0 saturated carbocycles. The number of hydrogen-bond acceptors (Lipinski definition) is 5. The van der Waals surface area contributed by atoms with Gasteiger partial charge in [0.05, 0.1) is 18.4 Å². The van der Waals surface area contributed by atoms with Crippen molar-refractivity contribution in [3.8, 4) is 0 Å². The molecule has 134 valence electrons. The quantitative estimate of drug-likeness (QED) is 0.652. The lowest BCUT2D eigenvalue weighted by Crippen LogP contribution is -2.55. The Bertz CT molecular complexity index is 720. The maximum atomic E-state index is 12.7. The largest absolute Gasteiger partial charge is 0.465 e. The van der Waals surface area contributed by atoms with Gasteiger partial charge < -0.3 is 4.74 Å². The highest BCUT2D eigenvalue weighted by Gasteiger charge is 2.67. The number of imide groups is 1. The number of nitrogens with one attached hydrogen (secondary N) is 1. The van der Waals surface area contributed by atoms with Crippen molar-refractivity contribution in [1.82, 2.24) is 10.2 Å². The van der Waals surface area contributed by atoms with Gasteiger partial charge in [-0.1, -0.05) is 30.7 Å². The van der Waals surface area contributed by atoms with Crippen LogP contribution in [0.2, 0.25) is 5.02 Å². The van der Waals surface area contributed by atoms with Crippen molar-refractivity contribution < 1.29 is 19.1 Å². The van der Waals surface area contributed by atoms with Gasteiger partial charge in [0.25, 0.3) is 0 Å². The third kappa shape index (κ3) is 2.55. The second-order valence-corrected chi connectivity index (χ2v) is 6.89. The molecule has 2 saturated heterocycles. The second-order valence-electron chi connectivity index (χ2n) is 6.46. The summed E-state index contributed by atoms with van der Waals surface area (Å²) in [7, 11) is 1.47. The Labute approximate surface area is 151 Å². The van der Waals surface area contributed by atoms with Crippen LogP contribution in [0.3, 0.4) is 0 Å². The lowest BCUT2D eigenvalue weighted by atomic mass is 9.78. The van der Waals surface area contributed by atoms with Crippen LogP contribution in [-0.2, 0) is 19.1 Å². The average molecular weight is 365 g/mol.